The van der Waals surface area contributed by atoms with Crippen LogP contribution in [0.4, 0.5) is 0 Å². The Labute approximate surface area is 100 Å². The average Bonchev–Trinajstić information content (AvgIpc) is 2.57. The summed E-state index contributed by atoms with van der Waals surface area (Å²) < 4.78 is 5.19. The van der Waals surface area contributed by atoms with Gasteiger partial charge < -0.3 is 10.5 Å². The summed E-state index contributed by atoms with van der Waals surface area (Å²) in [6.45, 7) is 10.6. The lowest BCUT2D eigenvalue weighted by Crippen LogP contribution is -2.53. The van der Waals surface area contributed by atoms with Crippen molar-refractivity contribution in [1.82, 2.24) is 4.90 Å². The lowest BCUT2D eigenvalue weighted by atomic mass is 9.86. The maximum Gasteiger partial charge on any atom is 0.0589 e. The van der Waals surface area contributed by atoms with E-state index in [1.165, 1.54) is 19.3 Å². The van der Waals surface area contributed by atoms with Crippen LogP contribution in [0.2, 0.25) is 0 Å². The first kappa shape index (κ1) is 13.9. The Morgan fingerprint density at radius 1 is 1.31 bits per heavy atom. The van der Waals surface area contributed by atoms with E-state index in [2.05, 4.69) is 25.7 Å². The Balaban J connectivity index is 2.70. The summed E-state index contributed by atoms with van der Waals surface area (Å²) in [6, 6.07) is 0. The first-order valence-electron chi connectivity index (χ1n) is 6.44. The Morgan fingerprint density at radius 3 is 2.38 bits per heavy atom. The number of rotatable bonds is 6. The van der Waals surface area contributed by atoms with Gasteiger partial charge in [-0.05, 0) is 31.2 Å². The summed E-state index contributed by atoms with van der Waals surface area (Å²) in [6.07, 6.45) is 3.73. The first-order valence-corrected chi connectivity index (χ1v) is 6.44. The quantitative estimate of drug-likeness (QED) is 0.754. The molecule has 1 saturated carbocycles. The minimum Gasteiger partial charge on any atom is -0.383 e. The predicted molar refractivity (Wildman–Crippen MR) is 68.5 cm³/mol. The van der Waals surface area contributed by atoms with Crippen molar-refractivity contribution in [1.29, 1.82) is 0 Å². The number of likely N-dealkylation sites (N-methyl/N-ethyl adjacent to an activating group) is 1. The molecule has 2 N–H and O–H groups in total. The Bertz CT molecular complexity index is 218. The van der Waals surface area contributed by atoms with Gasteiger partial charge in [-0.15, -0.1) is 0 Å². The molecule has 3 heteroatoms. The van der Waals surface area contributed by atoms with Crippen LogP contribution in [0.3, 0.4) is 0 Å². The molecule has 0 aromatic carbocycles. The van der Waals surface area contributed by atoms with E-state index in [0.29, 0.717) is 5.41 Å². The SMILES string of the molecule is CCN(CCOC)C1(CN)CCC(C)(C)C1. The zero-order chi connectivity index (χ0) is 12.2. The number of hydrogen-bond donors (Lipinski definition) is 1. The minimum absolute atomic E-state index is 0.219. The van der Waals surface area contributed by atoms with Gasteiger partial charge in [0.2, 0.25) is 0 Å². The van der Waals surface area contributed by atoms with Gasteiger partial charge >= 0.3 is 0 Å². The average molecular weight is 228 g/mol. The minimum atomic E-state index is 0.219. The zero-order valence-corrected chi connectivity index (χ0v) is 11.4. The van der Waals surface area contributed by atoms with Gasteiger partial charge in [0, 0.05) is 25.7 Å². The maximum atomic E-state index is 6.06. The van der Waals surface area contributed by atoms with Crippen LogP contribution in [-0.2, 0) is 4.74 Å². The third kappa shape index (κ3) is 2.96. The Hall–Kier alpha value is -0.120. The molecule has 1 rings (SSSR count). The summed E-state index contributed by atoms with van der Waals surface area (Å²) in [4.78, 5) is 2.52. The van der Waals surface area contributed by atoms with E-state index in [4.69, 9.17) is 10.5 Å². The normalized spacial score (nSPS) is 28.9. The van der Waals surface area contributed by atoms with Crippen molar-refractivity contribution in [3.8, 4) is 0 Å². The largest absolute Gasteiger partial charge is 0.383 e. The van der Waals surface area contributed by atoms with Gasteiger partial charge in [0.05, 0.1) is 6.61 Å². The molecule has 0 heterocycles. The van der Waals surface area contributed by atoms with Crippen LogP contribution in [0, 0.1) is 5.41 Å². The van der Waals surface area contributed by atoms with Gasteiger partial charge in [0.25, 0.3) is 0 Å². The molecule has 1 aliphatic carbocycles. The lowest BCUT2D eigenvalue weighted by molar-refractivity contribution is 0.0612. The number of hydrogen-bond acceptors (Lipinski definition) is 3. The fraction of sp³-hybridized carbons (Fsp3) is 1.00. The van der Waals surface area contributed by atoms with Gasteiger partial charge in [-0.3, -0.25) is 4.90 Å². The van der Waals surface area contributed by atoms with E-state index < -0.39 is 0 Å². The molecule has 1 atom stereocenters. The molecule has 0 saturated heterocycles. The molecule has 3 nitrogen and oxygen atoms in total. The summed E-state index contributed by atoms with van der Waals surface area (Å²) >= 11 is 0. The Morgan fingerprint density at radius 2 is 2.00 bits per heavy atom. The van der Waals surface area contributed by atoms with E-state index in [-0.39, 0.29) is 5.54 Å². The fourth-order valence-corrected chi connectivity index (χ4v) is 3.14. The van der Waals surface area contributed by atoms with Crippen molar-refractivity contribution in [3.63, 3.8) is 0 Å². The third-order valence-corrected chi connectivity index (χ3v) is 4.07. The van der Waals surface area contributed by atoms with Crippen LogP contribution in [0.1, 0.15) is 40.0 Å². The van der Waals surface area contributed by atoms with Crippen molar-refractivity contribution in [2.75, 3.05) is 33.4 Å². The van der Waals surface area contributed by atoms with Gasteiger partial charge in [-0.1, -0.05) is 20.8 Å². The highest BCUT2D eigenvalue weighted by molar-refractivity contribution is 5.01. The Kier molecular flexibility index (Phi) is 4.77. The van der Waals surface area contributed by atoms with E-state index >= 15 is 0 Å². The second-order valence-electron chi connectivity index (χ2n) is 5.84. The number of ether oxygens (including phenoxy) is 1. The van der Waals surface area contributed by atoms with Crippen LogP contribution in [0.25, 0.3) is 0 Å². The molecule has 16 heavy (non-hydrogen) atoms. The zero-order valence-electron chi connectivity index (χ0n) is 11.4. The van der Waals surface area contributed by atoms with Crippen molar-refractivity contribution >= 4 is 0 Å². The number of nitrogens with zero attached hydrogens (tertiary/aromatic N) is 1. The van der Waals surface area contributed by atoms with Crippen LogP contribution in [0.15, 0.2) is 0 Å². The molecule has 0 aliphatic heterocycles. The topological polar surface area (TPSA) is 38.5 Å². The van der Waals surface area contributed by atoms with Gasteiger partial charge in [-0.25, -0.2) is 0 Å². The molecule has 1 unspecified atom stereocenters. The van der Waals surface area contributed by atoms with Crippen molar-refractivity contribution in [3.05, 3.63) is 0 Å². The summed E-state index contributed by atoms with van der Waals surface area (Å²) in [5.41, 5.74) is 6.72. The molecule has 0 aromatic heterocycles. The second kappa shape index (κ2) is 5.48. The van der Waals surface area contributed by atoms with Crippen molar-refractivity contribution in [2.45, 2.75) is 45.6 Å². The van der Waals surface area contributed by atoms with E-state index in [0.717, 1.165) is 26.2 Å². The van der Waals surface area contributed by atoms with Crippen molar-refractivity contribution < 1.29 is 4.74 Å². The van der Waals surface area contributed by atoms with Crippen molar-refractivity contribution in [2.24, 2.45) is 11.1 Å². The first-order chi connectivity index (χ1) is 7.49. The van der Waals surface area contributed by atoms with Crippen LogP contribution in [-0.4, -0.2) is 43.8 Å². The van der Waals surface area contributed by atoms with E-state index in [1.54, 1.807) is 7.11 Å². The highest BCUT2D eigenvalue weighted by Crippen LogP contribution is 2.46. The molecular weight excluding hydrogens is 200 g/mol. The number of nitrogens with two attached hydrogens (primary N) is 1. The highest BCUT2D eigenvalue weighted by atomic mass is 16.5. The molecule has 0 spiro atoms. The smallest absolute Gasteiger partial charge is 0.0589 e. The standard InChI is InChI=1S/C13H28N2O/c1-5-15(8-9-16-4)13(11-14)7-6-12(2,3)10-13/h5-11,14H2,1-4H3. The summed E-state index contributed by atoms with van der Waals surface area (Å²) in [5, 5.41) is 0. The molecule has 1 fully saturated rings. The van der Waals surface area contributed by atoms with E-state index in [9.17, 15) is 0 Å². The monoisotopic (exact) mass is 228 g/mol. The van der Waals surface area contributed by atoms with Crippen LogP contribution >= 0.6 is 0 Å². The van der Waals surface area contributed by atoms with Gasteiger partial charge in [-0.2, -0.15) is 0 Å². The molecule has 0 aromatic rings. The summed E-state index contributed by atoms with van der Waals surface area (Å²) in [5.74, 6) is 0. The fourth-order valence-electron chi connectivity index (χ4n) is 3.14. The molecule has 0 radical (unpaired) electrons. The van der Waals surface area contributed by atoms with Crippen LogP contribution in [0.5, 0.6) is 0 Å². The second-order valence-corrected chi connectivity index (χ2v) is 5.84. The molecule has 1 aliphatic rings. The lowest BCUT2D eigenvalue weighted by Gasteiger charge is -2.41. The number of methoxy groups -OCH3 is 1. The summed E-state index contributed by atoms with van der Waals surface area (Å²) in [7, 11) is 1.77. The van der Waals surface area contributed by atoms with Gasteiger partial charge in [0.15, 0.2) is 0 Å². The molecule has 96 valence electrons. The predicted octanol–water partition coefficient (Wildman–Crippen LogP) is 1.86. The molecular formula is C13H28N2O. The third-order valence-electron chi connectivity index (χ3n) is 4.07. The maximum absolute atomic E-state index is 6.06. The van der Waals surface area contributed by atoms with E-state index in [1.807, 2.05) is 0 Å². The van der Waals surface area contributed by atoms with Crippen LogP contribution < -0.4 is 5.73 Å². The molecule has 0 bridgehead atoms. The van der Waals surface area contributed by atoms with Gasteiger partial charge in [0.1, 0.15) is 0 Å². The molecule has 0 amide bonds. The highest BCUT2D eigenvalue weighted by Gasteiger charge is 2.45.